The highest BCUT2D eigenvalue weighted by Crippen LogP contribution is 2.34. The summed E-state index contributed by atoms with van der Waals surface area (Å²) < 4.78 is 5.44. The van der Waals surface area contributed by atoms with Crippen LogP contribution in [0.25, 0.3) is 0 Å². The molecule has 0 bridgehead atoms. The summed E-state index contributed by atoms with van der Waals surface area (Å²) in [6, 6.07) is 8.49. The van der Waals surface area contributed by atoms with Gasteiger partial charge in [-0.2, -0.15) is 4.98 Å². The first-order chi connectivity index (χ1) is 10.1. The zero-order chi connectivity index (χ0) is 15.0. The minimum Gasteiger partial charge on any atom is -0.393 e. The molecule has 0 saturated carbocycles. The molecule has 1 N–H and O–H groups in total. The fourth-order valence-electron chi connectivity index (χ4n) is 3.34. The van der Waals surface area contributed by atoms with E-state index in [1.807, 2.05) is 0 Å². The number of benzene rings is 1. The summed E-state index contributed by atoms with van der Waals surface area (Å²) in [4.78, 5) is 4.58. The molecule has 0 aliphatic heterocycles. The van der Waals surface area contributed by atoms with Crippen LogP contribution in [0.3, 0.4) is 0 Å². The Morgan fingerprint density at radius 1 is 1.14 bits per heavy atom. The Labute approximate surface area is 125 Å². The Bertz CT molecular complexity index is 586. The van der Waals surface area contributed by atoms with E-state index in [1.54, 1.807) is 6.92 Å². The van der Waals surface area contributed by atoms with Gasteiger partial charge < -0.3 is 9.63 Å². The van der Waals surface area contributed by atoms with Crippen LogP contribution in [0.4, 0.5) is 0 Å². The molecule has 0 amide bonds. The van der Waals surface area contributed by atoms with E-state index in [1.165, 1.54) is 11.1 Å². The summed E-state index contributed by atoms with van der Waals surface area (Å²) in [5.74, 6) is 1.79. The molecule has 4 nitrogen and oxygen atoms in total. The van der Waals surface area contributed by atoms with Crippen molar-refractivity contribution >= 4 is 0 Å². The van der Waals surface area contributed by atoms with Gasteiger partial charge in [-0.3, -0.25) is 0 Å². The molecule has 1 aromatic heterocycles. The van der Waals surface area contributed by atoms with E-state index in [0.29, 0.717) is 11.8 Å². The number of hydrogen-bond acceptors (Lipinski definition) is 4. The van der Waals surface area contributed by atoms with E-state index in [9.17, 15) is 5.11 Å². The van der Waals surface area contributed by atoms with Gasteiger partial charge in [-0.1, -0.05) is 43.3 Å². The van der Waals surface area contributed by atoms with E-state index in [2.05, 4.69) is 48.3 Å². The number of aliphatic hydroxyl groups excluding tert-OH is 1. The number of aliphatic hydroxyl groups is 1. The molecule has 2 aromatic rings. The van der Waals surface area contributed by atoms with Crippen molar-refractivity contribution in [2.24, 2.45) is 5.92 Å². The molecule has 1 aliphatic carbocycles. The van der Waals surface area contributed by atoms with Crippen LogP contribution < -0.4 is 0 Å². The molecule has 4 heteroatoms. The van der Waals surface area contributed by atoms with Gasteiger partial charge in [0.15, 0.2) is 5.82 Å². The number of fused-ring (bicyclic) bond motifs is 1. The van der Waals surface area contributed by atoms with Crippen molar-refractivity contribution in [2.45, 2.75) is 51.6 Å². The molecule has 21 heavy (non-hydrogen) atoms. The van der Waals surface area contributed by atoms with Gasteiger partial charge in [-0.05, 0) is 36.8 Å². The highest BCUT2D eigenvalue weighted by molar-refractivity contribution is 5.34. The van der Waals surface area contributed by atoms with Crippen molar-refractivity contribution in [3.63, 3.8) is 0 Å². The lowest BCUT2D eigenvalue weighted by molar-refractivity contribution is 0.120. The lowest BCUT2D eigenvalue weighted by Gasteiger charge is -2.19. The Kier molecular flexibility index (Phi) is 3.81. The first-order valence-corrected chi connectivity index (χ1v) is 7.64. The number of aromatic nitrogens is 2. The van der Waals surface area contributed by atoms with Crippen LogP contribution in [0.15, 0.2) is 28.8 Å². The Balaban J connectivity index is 1.80. The summed E-state index contributed by atoms with van der Waals surface area (Å²) in [6.07, 6.45) is 1.45. The second kappa shape index (κ2) is 5.60. The Morgan fingerprint density at radius 2 is 1.76 bits per heavy atom. The third-order valence-corrected chi connectivity index (χ3v) is 4.40. The zero-order valence-corrected chi connectivity index (χ0v) is 12.8. The van der Waals surface area contributed by atoms with Crippen molar-refractivity contribution in [1.29, 1.82) is 0 Å². The number of nitrogens with zero attached hydrogens (tertiary/aromatic N) is 2. The molecule has 112 valence electrons. The highest BCUT2D eigenvalue weighted by atomic mass is 16.5. The van der Waals surface area contributed by atoms with E-state index in [-0.39, 0.29) is 11.8 Å². The molecule has 0 fully saturated rings. The average Bonchev–Trinajstić information content (AvgIpc) is 3.03. The minimum atomic E-state index is -0.487. The molecule has 0 saturated heterocycles. The lowest BCUT2D eigenvalue weighted by atomic mass is 9.91. The predicted octanol–water partition coefficient (Wildman–Crippen LogP) is 3.07. The summed E-state index contributed by atoms with van der Waals surface area (Å²) in [5.41, 5.74) is 2.76. The molecule has 0 spiro atoms. The van der Waals surface area contributed by atoms with Crippen molar-refractivity contribution in [1.82, 2.24) is 10.1 Å². The van der Waals surface area contributed by atoms with Crippen molar-refractivity contribution in [3.8, 4) is 0 Å². The van der Waals surface area contributed by atoms with Gasteiger partial charge in [0.2, 0.25) is 5.89 Å². The maximum absolute atomic E-state index is 9.92. The fraction of sp³-hybridized carbons (Fsp3) is 0.529. The maximum atomic E-state index is 9.92. The first-order valence-electron chi connectivity index (χ1n) is 7.64. The topological polar surface area (TPSA) is 59.2 Å². The van der Waals surface area contributed by atoms with Crippen LogP contribution in [0, 0.1) is 5.92 Å². The molecular weight excluding hydrogens is 264 g/mol. The molecule has 1 heterocycles. The highest BCUT2D eigenvalue weighted by Gasteiger charge is 2.31. The molecule has 0 radical (unpaired) electrons. The van der Waals surface area contributed by atoms with Crippen molar-refractivity contribution < 1.29 is 9.63 Å². The largest absolute Gasteiger partial charge is 0.393 e. The predicted molar refractivity (Wildman–Crippen MR) is 80.1 cm³/mol. The van der Waals surface area contributed by atoms with Gasteiger partial charge in [0.1, 0.15) is 0 Å². The smallest absolute Gasteiger partial charge is 0.232 e. The van der Waals surface area contributed by atoms with Gasteiger partial charge >= 0.3 is 0 Å². The van der Waals surface area contributed by atoms with Crippen molar-refractivity contribution in [2.75, 3.05) is 0 Å². The van der Waals surface area contributed by atoms with E-state index in [4.69, 9.17) is 4.52 Å². The van der Waals surface area contributed by atoms with Crippen LogP contribution in [-0.4, -0.2) is 21.4 Å². The summed E-state index contributed by atoms with van der Waals surface area (Å²) in [5, 5.41) is 14.1. The average molecular weight is 286 g/mol. The number of hydrogen-bond donors (Lipinski definition) is 1. The van der Waals surface area contributed by atoms with Crippen LogP contribution in [-0.2, 0) is 12.8 Å². The Morgan fingerprint density at radius 3 is 2.29 bits per heavy atom. The molecule has 2 atom stereocenters. The van der Waals surface area contributed by atoms with E-state index < -0.39 is 6.10 Å². The SMILES string of the molecule is CC(C)C(c1nc(C2Cc3ccccc3C2)no1)C(C)O. The van der Waals surface area contributed by atoms with Crippen molar-refractivity contribution in [3.05, 3.63) is 47.1 Å². The second-order valence-electron chi connectivity index (χ2n) is 6.38. The molecule has 1 aromatic carbocycles. The Hall–Kier alpha value is -1.68. The summed E-state index contributed by atoms with van der Waals surface area (Å²) >= 11 is 0. The maximum Gasteiger partial charge on any atom is 0.232 e. The van der Waals surface area contributed by atoms with Gasteiger partial charge in [-0.25, -0.2) is 0 Å². The third kappa shape index (κ3) is 2.72. The monoisotopic (exact) mass is 286 g/mol. The second-order valence-corrected chi connectivity index (χ2v) is 6.38. The van der Waals surface area contributed by atoms with Crippen LogP contribution in [0.5, 0.6) is 0 Å². The fourth-order valence-corrected chi connectivity index (χ4v) is 3.34. The van der Waals surface area contributed by atoms with Gasteiger partial charge in [0.25, 0.3) is 0 Å². The zero-order valence-electron chi connectivity index (χ0n) is 12.8. The first kappa shape index (κ1) is 14.3. The summed E-state index contributed by atoms with van der Waals surface area (Å²) in [6.45, 7) is 5.90. The standard InChI is InChI=1S/C17H22N2O2/c1-10(2)15(11(3)20)17-18-16(19-21-17)14-8-12-6-4-5-7-13(12)9-14/h4-7,10-11,14-15,20H,8-9H2,1-3H3. The molecular formula is C17H22N2O2. The van der Waals surface area contributed by atoms with Gasteiger partial charge in [-0.15, -0.1) is 0 Å². The van der Waals surface area contributed by atoms with Crippen LogP contribution >= 0.6 is 0 Å². The van der Waals surface area contributed by atoms with E-state index >= 15 is 0 Å². The normalized spacial score (nSPS) is 18.0. The van der Waals surface area contributed by atoms with Gasteiger partial charge in [0, 0.05) is 5.92 Å². The van der Waals surface area contributed by atoms with Crippen LogP contribution in [0.1, 0.15) is 55.4 Å². The van der Waals surface area contributed by atoms with Crippen LogP contribution in [0.2, 0.25) is 0 Å². The molecule has 1 aliphatic rings. The number of rotatable bonds is 4. The lowest BCUT2D eigenvalue weighted by Crippen LogP contribution is -2.20. The molecule has 2 unspecified atom stereocenters. The third-order valence-electron chi connectivity index (χ3n) is 4.40. The summed E-state index contributed by atoms with van der Waals surface area (Å²) in [7, 11) is 0. The van der Waals surface area contributed by atoms with E-state index in [0.717, 1.165) is 18.7 Å². The minimum absolute atomic E-state index is 0.102. The quantitative estimate of drug-likeness (QED) is 0.938. The molecule has 3 rings (SSSR count). The van der Waals surface area contributed by atoms with Gasteiger partial charge in [0.05, 0.1) is 12.0 Å².